The topological polar surface area (TPSA) is 106 Å². The highest BCUT2D eigenvalue weighted by atomic mass is 35.5. The zero-order chi connectivity index (χ0) is 21.0. The van der Waals surface area contributed by atoms with Crippen molar-refractivity contribution in [1.82, 2.24) is 9.88 Å². The van der Waals surface area contributed by atoms with Crippen LogP contribution in [0.1, 0.15) is 15.9 Å². The van der Waals surface area contributed by atoms with Crippen molar-refractivity contribution in [2.75, 3.05) is 19.0 Å². The molecule has 148 valence electrons. The summed E-state index contributed by atoms with van der Waals surface area (Å²) in [5.74, 6) is -1.82. The van der Waals surface area contributed by atoms with Crippen molar-refractivity contribution in [1.29, 1.82) is 0 Å². The van der Waals surface area contributed by atoms with E-state index in [1.54, 1.807) is 24.5 Å². The molecular weight excluding hydrogens is 418 g/mol. The number of anilines is 1. The molecule has 1 aliphatic heterocycles. The first-order valence-electron chi connectivity index (χ1n) is 8.22. The number of aromatic nitrogens is 1. The molecule has 2 heterocycles. The molecule has 1 saturated heterocycles. The second kappa shape index (κ2) is 8.89. The molecule has 0 saturated carbocycles. The molecule has 1 aromatic carbocycles. The van der Waals surface area contributed by atoms with Crippen LogP contribution in [0.3, 0.4) is 0 Å². The molecule has 3 amide bonds. The van der Waals surface area contributed by atoms with Crippen molar-refractivity contribution >= 4 is 58.1 Å². The summed E-state index contributed by atoms with van der Waals surface area (Å²) in [5, 5.41) is 2.15. The number of carbonyl (C=O) groups is 4. The Kier molecular flexibility index (Phi) is 6.30. The number of amides is 3. The lowest BCUT2D eigenvalue weighted by atomic mass is 10.2. The summed E-state index contributed by atoms with van der Waals surface area (Å²) >= 11 is 6.69. The Morgan fingerprint density at radius 2 is 2.10 bits per heavy atom. The normalized spacial score (nSPS) is 15.0. The van der Waals surface area contributed by atoms with Crippen LogP contribution in [-0.4, -0.2) is 46.6 Å². The molecule has 0 unspecified atom stereocenters. The summed E-state index contributed by atoms with van der Waals surface area (Å²) in [6, 6.07) is 7.72. The molecule has 0 bridgehead atoms. The van der Waals surface area contributed by atoms with Gasteiger partial charge in [-0.2, -0.15) is 0 Å². The van der Waals surface area contributed by atoms with Gasteiger partial charge in [-0.25, -0.2) is 4.79 Å². The van der Waals surface area contributed by atoms with Crippen LogP contribution < -0.4 is 5.32 Å². The number of nitrogens with zero attached hydrogens (tertiary/aromatic N) is 2. The van der Waals surface area contributed by atoms with Crippen LogP contribution >= 0.6 is 23.4 Å². The fourth-order valence-corrected chi connectivity index (χ4v) is 3.50. The van der Waals surface area contributed by atoms with E-state index >= 15 is 0 Å². The highest BCUT2D eigenvalue weighted by Gasteiger charge is 2.36. The average molecular weight is 432 g/mol. The Morgan fingerprint density at radius 1 is 1.31 bits per heavy atom. The molecule has 0 atom stereocenters. The van der Waals surface area contributed by atoms with Gasteiger partial charge in [0, 0.05) is 18.1 Å². The first-order valence-corrected chi connectivity index (χ1v) is 9.41. The van der Waals surface area contributed by atoms with Crippen molar-refractivity contribution in [2.45, 2.75) is 0 Å². The van der Waals surface area contributed by atoms with E-state index in [1.807, 2.05) is 0 Å². The number of nitrogens with one attached hydrogen (secondary N) is 1. The SMILES string of the molecule is COC(=O)c1cc(NC(=O)CN2C(=O)S/C(=C/c3cccnc3)C2=O)ccc1Cl. The predicted molar refractivity (Wildman–Crippen MR) is 108 cm³/mol. The van der Waals surface area contributed by atoms with Crippen LogP contribution in [-0.2, 0) is 14.3 Å². The number of esters is 1. The van der Waals surface area contributed by atoms with E-state index in [1.165, 1.54) is 31.4 Å². The quantitative estimate of drug-likeness (QED) is 0.572. The molecule has 10 heteroatoms. The number of rotatable bonds is 5. The van der Waals surface area contributed by atoms with Gasteiger partial charge in [-0.3, -0.25) is 24.3 Å². The first-order chi connectivity index (χ1) is 13.9. The predicted octanol–water partition coefficient (Wildman–Crippen LogP) is 3.20. The Bertz CT molecular complexity index is 1030. The Hall–Kier alpha value is -3.17. The molecule has 0 aliphatic carbocycles. The second-order valence-electron chi connectivity index (χ2n) is 5.79. The van der Waals surface area contributed by atoms with Gasteiger partial charge in [-0.1, -0.05) is 17.7 Å². The number of hydrogen-bond donors (Lipinski definition) is 1. The van der Waals surface area contributed by atoms with Gasteiger partial charge >= 0.3 is 5.97 Å². The highest BCUT2D eigenvalue weighted by Crippen LogP contribution is 2.32. The van der Waals surface area contributed by atoms with Gasteiger partial charge in [0.2, 0.25) is 5.91 Å². The molecule has 3 rings (SSSR count). The molecule has 1 aromatic heterocycles. The fourth-order valence-electron chi connectivity index (χ4n) is 2.46. The smallest absolute Gasteiger partial charge is 0.339 e. The average Bonchev–Trinajstić information content (AvgIpc) is 2.97. The van der Waals surface area contributed by atoms with Gasteiger partial charge in [0.15, 0.2) is 0 Å². The van der Waals surface area contributed by atoms with Gasteiger partial charge in [-0.05, 0) is 47.7 Å². The molecule has 8 nitrogen and oxygen atoms in total. The van der Waals surface area contributed by atoms with Crippen molar-refractivity contribution < 1.29 is 23.9 Å². The summed E-state index contributed by atoms with van der Waals surface area (Å²) in [4.78, 5) is 53.6. The standard InChI is InChI=1S/C19H14ClN3O5S/c1-28-18(26)13-8-12(4-5-14(13)20)22-16(24)10-23-17(25)15(29-19(23)27)7-11-3-2-6-21-9-11/h2-9H,10H2,1H3,(H,22,24)/b15-7+. The van der Waals surface area contributed by atoms with Gasteiger partial charge in [-0.15, -0.1) is 0 Å². The van der Waals surface area contributed by atoms with Crippen LogP contribution in [0, 0.1) is 0 Å². The Balaban J connectivity index is 1.69. The molecule has 1 aliphatic rings. The van der Waals surface area contributed by atoms with E-state index < -0.39 is 29.6 Å². The molecular formula is C19H14ClN3O5S. The van der Waals surface area contributed by atoms with Gasteiger partial charge < -0.3 is 10.1 Å². The zero-order valence-electron chi connectivity index (χ0n) is 15.0. The monoisotopic (exact) mass is 431 g/mol. The third-order valence-corrected chi connectivity index (χ3v) is 5.05. The van der Waals surface area contributed by atoms with E-state index in [-0.39, 0.29) is 21.2 Å². The second-order valence-corrected chi connectivity index (χ2v) is 7.19. The number of carbonyl (C=O) groups excluding carboxylic acids is 4. The summed E-state index contributed by atoms with van der Waals surface area (Å²) in [6.07, 6.45) is 4.69. The maximum absolute atomic E-state index is 12.5. The third kappa shape index (κ3) is 4.82. The number of halogens is 1. The van der Waals surface area contributed by atoms with Crippen LogP contribution in [0.4, 0.5) is 10.5 Å². The number of thioether (sulfide) groups is 1. The lowest BCUT2D eigenvalue weighted by Gasteiger charge is -2.13. The van der Waals surface area contributed by atoms with Crippen LogP contribution in [0.15, 0.2) is 47.6 Å². The molecule has 1 N–H and O–H groups in total. The van der Waals surface area contributed by atoms with E-state index in [2.05, 4.69) is 15.0 Å². The van der Waals surface area contributed by atoms with Gasteiger partial charge in [0.25, 0.3) is 11.1 Å². The lowest BCUT2D eigenvalue weighted by molar-refractivity contribution is -0.127. The third-order valence-electron chi connectivity index (χ3n) is 3.81. The summed E-state index contributed by atoms with van der Waals surface area (Å²) in [6.45, 7) is -0.467. The summed E-state index contributed by atoms with van der Waals surface area (Å²) < 4.78 is 4.63. The van der Waals surface area contributed by atoms with E-state index in [4.69, 9.17) is 11.6 Å². The zero-order valence-corrected chi connectivity index (χ0v) is 16.6. The first kappa shape index (κ1) is 20.6. The maximum atomic E-state index is 12.5. The minimum Gasteiger partial charge on any atom is -0.465 e. The highest BCUT2D eigenvalue weighted by molar-refractivity contribution is 8.18. The van der Waals surface area contributed by atoms with Crippen LogP contribution in [0.25, 0.3) is 6.08 Å². The van der Waals surface area contributed by atoms with E-state index in [0.29, 0.717) is 5.56 Å². The van der Waals surface area contributed by atoms with Gasteiger partial charge in [0.1, 0.15) is 6.54 Å². The number of imide groups is 1. The molecule has 29 heavy (non-hydrogen) atoms. The van der Waals surface area contributed by atoms with Crippen molar-refractivity contribution in [3.05, 3.63) is 63.8 Å². The van der Waals surface area contributed by atoms with Crippen molar-refractivity contribution in [2.24, 2.45) is 0 Å². The van der Waals surface area contributed by atoms with Crippen LogP contribution in [0.5, 0.6) is 0 Å². The van der Waals surface area contributed by atoms with Crippen molar-refractivity contribution in [3.63, 3.8) is 0 Å². The number of methoxy groups -OCH3 is 1. The largest absolute Gasteiger partial charge is 0.465 e. The number of ether oxygens (including phenoxy) is 1. The van der Waals surface area contributed by atoms with E-state index in [9.17, 15) is 19.2 Å². The fraction of sp³-hybridized carbons (Fsp3) is 0.105. The van der Waals surface area contributed by atoms with Crippen molar-refractivity contribution in [3.8, 4) is 0 Å². The molecule has 0 spiro atoms. The van der Waals surface area contributed by atoms with E-state index in [0.717, 1.165) is 16.7 Å². The number of benzene rings is 1. The molecule has 1 fully saturated rings. The Labute approximate surface area is 174 Å². The molecule has 0 radical (unpaired) electrons. The summed E-state index contributed by atoms with van der Waals surface area (Å²) in [7, 11) is 1.21. The van der Waals surface area contributed by atoms with Crippen LogP contribution in [0.2, 0.25) is 5.02 Å². The minimum absolute atomic E-state index is 0.0811. The number of hydrogen-bond acceptors (Lipinski definition) is 7. The lowest BCUT2D eigenvalue weighted by Crippen LogP contribution is -2.36. The Morgan fingerprint density at radius 3 is 2.79 bits per heavy atom. The van der Waals surface area contributed by atoms with Gasteiger partial charge in [0.05, 0.1) is 22.6 Å². The maximum Gasteiger partial charge on any atom is 0.339 e. The summed E-state index contributed by atoms with van der Waals surface area (Å²) in [5.41, 5.74) is 1.02. The number of pyridine rings is 1. The molecule has 2 aromatic rings. The minimum atomic E-state index is -0.655.